The molecule has 104 valence electrons. The summed E-state index contributed by atoms with van der Waals surface area (Å²) in [4.78, 5) is 19.0. The summed E-state index contributed by atoms with van der Waals surface area (Å²) >= 11 is 1.62. The summed E-state index contributed by atoms with van der Waals surface area (Å²) in [6, 6.07) is 8.50. The van der Waals surface area contributed by atoms with Crippen molar-refractivity contribution in [1.29, 1.82) is 0 Å². The Kier molecular flexibility index (Phi) is 5.37. The van der Waals surface area contributed by atoms with Gasteiger partial charge in [0.1, 0.15) is 17.6 Å². The standard InChI is InChI=1S/C14H14N2O3S/c17-14(18)11-4-1-2-5-12(11)19-8-3-9-20-13-6-7-15-10-16-13/h1-2,4-7,10H,3,8-9H2,(H,17,18). The van der Waals surface area contributed by atoms with Crippen LogP contribution in [0.15, 0.2) is 47.9 Å². The summed E-state index contributed by atoms with van der Waals surface area (Å²) in [5.41, 5.74) is 0.191. The Morgan fingerprint density at radius 3 is 2.90 bits per heavy atom. The van der Waals surface area contributed by atoms with E-state index in [1.165, 1.54) is 12.4 Å². The van der Waals surface area contributed by atoms with E-state index in [9.17, 15) is 4.79 Å². The molecule has 0 aliphatic carbocycles. The van der Waals surface area contributed by atoms with Crippen LogP contribution in [-0.4, -0.2) is 33.4 Å². The van der Waals surface area contributed by atoms with Crippen molar-refractivity contribution in [3.05, 3.63) is 48.4 Å². The average Bonchev–Trinajstić information content (AvgIpc) is 2.48. The van der Waals surface area contributed by atoms with Gasteiger partial charge in [0.2, 0.25) is 0 Å². The van der Waals surface area contributed by atoms with Gasteiger partial charge in [-0.15, -0.1) is 11.8 Å². The molecule has 0 aliphatic rings. The number of hydrogen-bond donors (Lipinski definition) is 1. The number of ether oxygens (including phenoxy) is 1. The fourth-order valence-electron chi connectivity index (χ4n) is 1.55. The van der Waals surface area contributed by atoms with Gasteiger partial charge in [-0.3, -0.25) is 0 Å². The highest BCUT2D eigenvalue weighted by molar-refractivity contribution is 7.99. The number of aromatic nitrogens is 2. The van der Waals surface area contributed by atoms with Crippen molar-refractivity contribution in [3.63, 3.8) is 0 Å². The van der Waals surface area contributed by atoms with Crippen molar-refractivity contribution < 1.29 is 14.6 Å². The van der Waals surface area contributed by atoms with E-state index in [-0.39, 0.29) is 5.56 Å². The monoisotopic (exact) mass is 290 g/mol. The van der Waals surface area contributed by atoms with Gasteiger partial charge >= 0.3 is 5.97 Å². The maximum absolute atomic E-state index is 11.0. The molecule has 0 fully saturated rings. The third-order valence-electron chi connectivity index (χ3n) is 2.47. The molecule has 0 unspecified atom stereocenters. The van der Waals surface area contributed by atoms with E-state index in [0.29, 0.717) is 12.4 Å². The lowest BCUT2D eigenvalue weighted by Crippen LogP contribution is -2.04. The van der Waals surface area contributed by atoms with Crippen molar-refractivity contribution >= 4 is 17.7 Å². The molecule has 0 saturated heterocycles. The predicted molar refractivity (Wildman–Crippen MR) is 76.3 cm³/mol. The highest BCUT2D eigenvalue weighted by atomic mass is 32.2. The molecule has 0 atom stereocenters. The number of aromatic carboxylic acids is 1. The maximum atomic E-state index is 11.0. The van der Waals surface area contributed by atoms with Crippen LogP contribution in [0.4, 0.5) is 0 Å². The fraction of sp³-hybridized carbons (Fsp3) is 0.214. The van der Waals surface area contributed by atoms with Gasteiger partial charge in [-0.2, -0.15) is 0 Å². The SMILES string of the molecule is O=C(O)c1ccccc1OCCCSc1ccncn1. The molecule has 2 rings (SSSR count). The first-order valence-corrected chi connectivity index (χ1v) is 7.10. The van der Waals surface area contributed by atoms with Crippen LogP contribution in [0.1, 0.15) is 16.8 Å². The highest BCUT2D eigenvalue weighted by Gasteiger charge is 2.09. The number of para-hydroxylation sites is 1. The number of carbonyl (C=O) groups is 1. The van der Waals surface area contributed by atoms with Crippen molar-refractivity contribution in [2.75, 3.05) is 12.4 Å². The number of carboxylic acid groups (broad SMARTS) is 1. The van der Waals surface area contributed by atoms with E-state index >= 15 is 0 Å². The first-order valence-electron chi connectivity index (χ1n) is 6.11. The molecule has 0 saturated carbocycles. The largest absolute Gasteiger partial charge is 0.493 e. The molecule has 5 nitrogen and oxygen atoms in total. The van der Waals surface area contributed by atoms with E-state index in [0.717, 1.165) is 17.2 Å². The van der Waals surface area contributed by atoms with Gasteiger partial charge in [-0.25, -0.2) is 14.8 Å². The van der Waals surface area contributed by atoms with Gasteiger partial charge < -0.3 is 9.84 Å². The molecule has 6 heteroatoms. The lowest BCUT2D eigenvalue weighted by molar-refractivity contribution is 0.0692. The Morgan fingerprint density at radius 1 is 1.30 bits per heavy atom. The fourth-order valence-corrected chi connectivity index (χ4v) is 2.30. The zero-order valence-electron chi connectivity index (χ0n) is 10.7. The third-order valence-corrected chi connectivity index (χ3v) is 3.50. The lowest BCUT2D eigenvalue weighted by Gasteiger charge is -2.08. The average molecular weight is 290 g/mol. The minimum Gasteiger partial charge on any atom is -0.493 e. The Hall–Kier alpha value is -2.08. The van der Waals surface area contributed by atoms with Crippen LogP contribution >= 0.6 is 11.8 Å². The Balaban J connectivity index is 1.75. The number of hydrogen-bond acceptors (Lipinski definition) is 5. The molecule has 1 heterocycles. The summed E-state index contributed by atoms with van der Waals surface area (Å²) in [5, 5.41) is 9.94. The quantitative estimate of drug-likeness (QED) is 0.480. The van der Waals surface area contributed by atoms with Crippen LogP contribution in [0, 0.1) is 0 Å². The second-order valence-corrected chi connectivity index (χ2v) is 5.01. The molecule has 1 N–H and O–H groups in total. The summed E-state index contributed by atoms with van der Waals surface area (Å²) in [7, 11) is 0. The zero-order valence-corrected chi connectivity index (χ0v) is 11.5. The van der Waals surface area contributed by atoms with E-state index in [4.69, 9.17) is 9.84 Å². The van der Waals surface area contributed by atoms with Crippen LogP contribution in [0.3, 0.4) is 0 Å². The Labute approximate surface area is 121 Å². The first-order chi connectivity index (χ1) is 9.77. The summed E-state index contributed by atoms with van der Waals surface area (Å²) in [6.45, 7) is 0.475. The minimum absolute atomic E-state index is 0.191. The summed E-state index contributed by atoms with van der Waals surface area (Å²) < 4.78 is 5.51. The van der Waals surface area contributed by atoms with E-state index < -0.39 is 5.97 Å². The first kappa shape index (κ1) is 14.3. The van der Waals surface area contributed by atoms with Crippen molar-refractivity contribution in [2.24, 2.45) is 0 Å². The molecule has 1 aromatic heterocycles. The second-order valence-electron chi connectivity index (χ2n) is 3.90. The van der Waals surface area contributed by atoms with E-state index in [1.54, 1.807) is 36.2 Å². The van der Waals surface area contributed by atoms with Crippen molar-refractivity contribution in [1.82, 2.24) is 9.97 Å². The zero-order chi connectivity index (χ0) is 14.2. The molecule has 2 aromatic rings. The lowest BCUT2D eigenvalue weighted by atomic mass is 10.2. The molecule has 0 aliphatic heterocycles. The molecule has 20 heavy (non-hydrogen) atoms. The third kappa shape index (κ3) is 4.24. The number of benzene rings is 1. The predicted octanol–water partition coefficient (Wildman–Crippen LogP) is 2.74. The Bertz CT molecular complexity index is 563. The molecule has 0 spiro atoms. The number of rotatable bonds is 7. The van der Waals surface area contributed by atoms with Gasteiger partial charge in [0, 0.05) is 11.9 Å². The second kappa shape index (κ2) is 7.49. The summed E-state index contributed by atoms with van der Waals surface area (Å²) in [6.07, 6.45) is 4.03. The highest BCUT2D eigenvalue weighted by Crippen LogP contribution is 2.19. The van der Waals surface area contributed by atoms with Gasteiger partial charge in [-0.05, 0) is 24.6 Å². The molecular formula is C14H14N2O3S. The Morgan fingerprint density at radius 2 is 2.15 bits per heavy atom. The van der Waals surface area contributed by atoms with E-state index in [2.05, 4.69) is 9.97 Å². The minimum atomic E-state index is -0.976. The number of nitrogens with zero attached hydrogens (tertiary/aromatic N) is 2. The molecule has 0 amide bonds. The molecule has 1 aromatic carbocycles. The van der Waals surface area contributed by atoms with Gasteiger partial charge in [0.25, 0.3) is 0 Å². The van der Waals surface area contributed by atoms with Gasteiger partial charge in [0.05, 0.1) is 11.6 Å². The van der Waals surface area contributed by atoms with Gasteiger partial charge in [0.15, 0.2) is 0 Å². The van der Waals surface area contributed by atoms with Crippen LogP contribution < -0.4 is 4.74 Å². The molecule has 0 radical (unpaired) electrons. The number of thioether (sulfide) groups is 1. The van der Waals surface area contributed by atoms with Crippen LogP contribution in [-0.2, 0) is 0 Å². The van der Waals surface area contributed by atoms with Crippen LogP contribution in [0.5, 0.6) is 5.75 Å². The van der Waals surface area contributed by atoms with E-state index in [1.807, 2.05) is 6.07 Å². The summed E-state index contributed by atoms with van der Waals surface area (Å²) in [5.74, 6) is 0.287. The normalized spacial score (nSPS) is 10.2. The topological polar surface area (TPSA) is 72.3 Å². The van der Waals surface area contributed by atoms with Crippen molar-refractivity contribution in [3.8, 4) is 5.75 Å². The smallest absolute Gasteiger partial charge is 0.339 e. The van der Waals surface area contributed by atoms with Gasteiger partial charge in [-0.1, -0.05) is 12.1 Å². The molecular weight excluding hydrogens is 276 g/mol. The molecule has 0 bridgehead atoms. The van der Waals surface area contributed by atoms with Crippen LogP contribution in [0.2, 0.25) is 0 Å². The number of carboxylic acids is 1. The maximum Gasteiger partial charge on any atom is 0.339 e. The van der Waals surface area contributed by atoms with Crippen molar-refractivity contribution in [2.45, 2.75) is 11.4 Å². The van der Waals surface area contributed by atoms with Crippen LogP contribution in [0.25, 0.3) is 0 Å².